The third-order valence-corrected chi connectivity index (χ3v) is 5.12. The Balaban J connectivity index is 1.63. The minimum atomic E-state index is -0.812. The molecule has 2 aliphatic rings. The van der Waals surface area contributed by atoms with E-state index in [9.17, 15) is 9.59 Å². The molecule has 6 nitrogen and oxygen atoms in total. The van der Waals surface area contributed by atoms with Crippen molar-refractivity contribution in [3.05, 3.63) is 29.8 Å². The van der Waals surface area contributed by atoms with Crippen LogP contribution in [0.4, 0.5) is 0 Å². The summed E-state index contributed by atoms with van der Waals surface area (Å²) >= 11 is 0. The normalized spacial score (nSPS) is 23.0. The Morgan fingerprint density at radius 3 is 2.88 bits per heavy atom. The Labute approximate surface area is 154 Å². The van der Waals surface area contributed by atoms with Gasteiger partial charge in [-0.1, -0.05) is 6.07 Å². The highest BCUT2D eigenvalue weighted by atomic mass is 16.5. The third kappa shape index (κ3) is 4.97. The second kappa shape index (κ2) is 9.03. The number of nitrogens with zero attached hydrogens (tertiary/aromatic N) is 1. The van der Waals surface area contributed by atoms with Crippen LogP contribution in [-0.4, -0.2) is 53.8 Å². The van der Waals surface area contributed by atoms with Crippen LogP contribution in [0.15, 0.2) is 24.3 Å². The van der Waals surface area contributed by atoms with E-state index in [0.717, 1.165) is 38.7 Å². The number of carbonyl (C=O) groups is 2. The summed E-state index contributed by atoms with van der Waals surface area (Å²) in [5.41, 5.74) is 0.595. The molecular formula is C20H27NO5. The first-order valence-electron chi connectivity index (χ1n) is 9.50. The van der Waals surface area contributed by atoms with Gasteiger partial charge in [-0.05, 0) is 56.7 Å². The monoisotopic (exact) mass is 361 g/mol. The summed E-state index contributed by atoms with van der Waals surface area (Å²) in [5.74, 6) is -0.180. The predicted molar refractivity (Wildman–Crippen MR) is 96.5 cm³/mol. The van der Waals surface area contributed by atoms with Crippen molar-refractivity contribution in [1.82, 2.24) is 4.90 Å². The molecule has 2 aliphatic heterocycles. The van der Waals surface area contributed by atoms with Crippen molar-refractivity contribution in [2.45, 2.75) is 57.1 Å². The quantitative estimate of drug-likeness (QED) is 0.808. The van der Waals surface area contributed by atoms with E-state index in [1.807, 2.05) is 17.0 Å². The highest BCUT2D eigenvalue weighted by Gasteiger charge is 2.28. The van der Waals surface area contributed by atoms with E-state index >= 15 is 0 Å². The van der Waals surface area contributed by atoms with Crippen LogP contribution in [0.25, 0.3) is 0 Å². The molecule has 2 heterocycles. The van der Waals surface area contributed by atoms with Gasteiger partial charge in [0.05, 0.1) is 6.10 Å². The highest BCUT2D eigenvalue weighted by Crippen LogP contribution is 2.24. The number of ether oxygens (including phenoxy) is 2. The van der Waals surface area contributed by atoms with E-state index in [4.69, 9.17) is 14.6 Å². The van der Waals surface area contributed by atoms with Gasteiger partial charge in [-0.25, -0.2) is 0 Å². The molecule has 0 aromatic heterocycles. The van der Waals surface area contributed by atoms with E-state index in [1.165, 1.54) is 0 Å². The SMILES string of the molecule is O=C(O)CCC1CCCCN1C(=O)c1cccc(OCC2CCCO2)c1. The second-order valence-corrected chi connectivity index (χ2v) is 7.05. The number of hydrogen-bond acceptors (Lipinski definition) is 4. The van der Waals surface area contributed by atoms with Crippen molar-refractivity contribution in [1.29, 1.82) is 0 Å². The van der Waals surface area contributed by atoms with Gasteiger partial charge in [0.1, 0.15) is 12.4 Å². The number of likely N-dealkylation sites (tertiary alicyclic amines) is 1. The van der Waals surface area contributed by atoms with Crippen LogP contribution in [0.3, 0.4) is 0 Å². The molecule has 2 saturated heterocycles. The van der Waals surface area contributed by atoms with E-state index in [-0.39, 0.29) is 24.5 Å². The van der Waals surface area contributed by atoms with Gasteiger partial charge in [-0.15, -0.1) is 0 Å². The van der Waals surface area contributed by atoms with Crippen molar-refractivity contribution >= 4 is 11.9 Å². The molecule has 2 unspecified atom stereocenters. The first kappa shape index (κ1) is 18.7. The maximum absolute atomic E-state index is 13.0. The van der Waals surface area contributed by atoms with Crippen molar-refractivity contribution in [2.24, 2.45) is 0 Å². The van der Waals surface area contributed by atoms with Crippen LogP contribution < -0.4 is 4.74 Å². The molecule has 2 atom stereocenters. The second-order valence-electron chi connectivity index (χ2n) is 7.05. The van der Waals surface area contributed by atoms with E-state index in [0.29, 0.717) is 30.9 Å². The zero-order valence-electron chi connectivity index (χ0n) is 15.1. The van der Waals surface area contributed by atoms with Gasteiger partial charge in [-0.2, -0.15) is 0 Å². The number of piperidine rings is 1. The standard InChI is InChI=1S/C20H27NO5/c22-19(23)10-9-16-6-1-2-11-21(16)20(24)15-5-3-7-17(13-15)26-14-18-8-4-12-25-18/h3,5,7,13,16,18H,1-2,4,6,8-12,14H2,(H,22,23). The number of rotatable bonds is 7. The topological polar surface area (TPSA) is 76.1 Å². The Morgan fingerprint density at radius 1 is 1.23 bits per heavy atom. The molecule has 142 valence electrons. The van der Waals surface area contributed by atoms with E-state index in [2.05, 4.69) is 0 Å². The largest absolute Gasteiger partial charge is 0.491 e. The number of hydrogen-bond donors (Lipinski definition) is 1. The number of benzene rings is 1. The van der Waals surface area contributed by atoms with Gasteiger partial charge in [0.15, 0.2) is 0 Å². The fourth-order valence-electron chi connectivity index (χ4n) is 3.71. The highest BCUT2D eigenvalue weighted by molar-refractivity contribution is 5.95. The molecule has 0 bridgehead atoms. The average Bonchev–Trinajstić information content (AvgIpc) is 3.18. The van der Waals surface area contributed by atoms with Crippen molar-refractivity contribution in [2.75, 3.05) is 19.8 Å². The van der Waals surface area contributed by atoms with Gasteiger partial charge in [-0.3, -0.25) is 9.59 Å². The fraction of sp³-hybridized carbons (Fsp3) is 0.600. The van der Waals surface area contributed by atoms with Crippen LogP contribution in [-0.2, 0) is 9.53 Å². The molecule has 26 heavy (non-hydrogen) atoms. The maximum atomic E-state index is 13.0. The zero-order chi connectivity index (χ0) is 18.4. The first-order chi connectivity index (χ1) is 12.6. The van der Waals surface area contributed by atoms with Crippen molar-refractivity contribution in [3.8, 4) is 5.75 Å². The molecule has 1 amide bonds. The lowest BCUT2D eigenvalue weighted by molar-refractivity contribution is -0.137. The number of aliphatic carboxylic acids is 1. The molecule has 0 radical (unpaired) electrons. The van der Waals surface area contributed by atoms with Crippen LogP contribution in [0.1, 0.15) is 55.3 Å². The molecule has 1 N–H and O–H groups in total. The van der Waals surface area contributed by atoms with Gasteiger partial charge in [0.25, 0.3) is 5.91 Å². The molecule has 2 fully saturated rings. The number of carbonyl (C=O) groups excluding carboxylic acids is 1. The Hall–Kier alpha value is -2.08. The smallest absolute Gasteiger partial charge is 0.303 e. The predicted octanol–water partition coefficient (Wildman–Crippen LogP) is 3.10. The summed E-state index contributed by atoms with van der Waals surface area (Å²) in [5, 5.41) is 8.94. The Kier molecular flexibility index (Phi) is 6.50. The van der Waals surface area contributed by atoms with Crippen LogP contribution in [0.5, 0.6) is 5.75 Å². The minimum Gasteiger partial charge on any atom is -0.491 e. The maximum Gasteiger partial charge on any atom is 0.303 e. The van der Waals surface area contributed by atoms with Gasteiger partial charge in [0, 0.05) is 31.2 Å². The summed E-state index contributed by atoms with van der Waals surface area (Å²) in [6.07, 6.45) is 5.70. The van der Waals surface area contributed by atoms with Gasteiger partial charge >= 0.3 is 5.97 Å². The zero-order valence-corrected chi connectivity index (χ0v) is 15.1. The van der Waals surface area contributed by atoms with E-state index < -0.39 is 5.97 Å². The summed E-state index contributed by atoms with van der Waals surface area (Å²) in [6.45, 7) is 1.98. The Bertz CT molecular complexity index is 626. The van der Waals surface area contributed by atoms with E-state index in [1.54, 1.807) is 12.1 Å². The molecule has 0 saturated carbocycles. The molecular weight excluding hydrogens is 334 g/mol. The lowest BCUT2D eigenvalue weighted by Crippen LogP contribution is -2.44. The van der Waals surface area contributed by atoms with Crippen LogP contribution >= 0.6 is 0 Å². The summed E-state index contributed by atoms with van der Waals surface area (Å²) in [6, 6.07) is 7.26. The molecule has 0 aliphatic carbocycles. The van der Waals surface area contributed by atoms with Crippen molar-refractivity contribution in [3.63, 3.8) is 0 Å². The van der Waals surface area contributed by atoms with Gasteiger partial charge < -0.3 is 19.5 Å². The summed E-state index contributed by atoms with van der Waals surface area (Å²) < 4.78 is 11.4. The van der Waals surface area contributed by atoms with Crippen LogP contribution in [0.2, 0.25) is 0 Å². The number of amides is 1. The number of carboxylic acid groups (broad SMARTS) is 1. The lowest BCUT2D eigenvalue weighted by atomic mass is 9.97. The number of carboxylic acids is 1. The van der Waals surface area contributed by atoms with Crippen molar-refractivity contribution < 1.29 is 24.2 Å². The molecule has 6 heteroatoms. The molecule has 3 rings (SSSR count). The minimum absolute atomic E-state index is 0.00353. The molecule has 0 spiro atoms. The lowest BCUT2D eigenvalue weighted by Gasteiger charge is -2.35. The van der Waals surface area contributed by atoms with Gasteiger partial charge in [0.2, 0.25) is 0 Å². The summed E-state index contributed by atoms with van der Waals surface area (Å²) in [4.78, 5) is 25.7. The molecule has 1 aromatic rings. The average molecular weight is 361 g/mol. The van der Waals surface area contributed by atoms with Crippen LogP contribution in [0, 0.1) is 0 Å². The first-order valence-corrected chi connectivity index (χ1v) is 9.50. The molecule has 1 aromatic carbocycles. The fourth-order valence-corrected chi connectivity index (χ4v) is 3.71. The Morgan fingerprint density at radius 2 is 2.12 bits per heavy atom. The third-order valence-electron chi connectivity index (χ3n) is 5.12. The summed E-state index contributed by atoms with van der Waals surface area (Å²) in [7, 11) is 0.